The number of piperidine rings is 1. The average Bonchev–Trinajstić information content (AvgIpc) is 2.83. The third-order valence-corrected chi connectivity index (χ3v) is 6.21. The molecule has 0 unspecified atom stereocenters. The van der Waals surface area contributed by atoms with Crippen molar-refractivity contribution in [2.24, 2.45) is 5.92 Å². The average molecular weight is 454 g/mol. The molecule has 1 aromatic heterocycles. The molecule has 33 heavy (non-hydrogen) atoms. The predicted octanol–water partition coefficient (Wildman–Crippen LogP) is 3.46. The number of fused-ring (bicyclic) bond motifs is 1. The van der Waals surface area contributed by atoms with Crippen LogP contribution in [0.15, 0.2) is 36.5 Å². The van der Waals surface area contributed by atoms with Crippen LogP contribution in [0.1, 0.15) is 48.2 Å². The number of hydrogen-bond acceptors (Lipinski definition) is 6. The quantitative estimate of drug-likeness (QED) is 0.660. The van der Waals surface area contributed by atoms with E-state index in [9.17, 15) is 4.79 Å². The molecule has 3 heterocycles. The van der Waals surface area contributed by atoms with Crippen molar-refractivity contribution in [3.05, 3.63) is 53.2 Å². The van der Waals surface area contributed by atoms with Gasteiger partial charge in [0.2, 0.25) is 5.88 Å². The van der Waals surface area contributed by atoms with Crippen LogP contribution in [0.4, 0.5) is 0 Å². The molecule has 1 saturated heterocycles. The van der Waals surface area contributed by atoms with Crippen LogP contribution in [-0.2, 0) is 17.7 Å². The van der Waals surface area contributed by atoms with Crippen molar-refractivity contribution in [1.82, 2.24) is 15.2 Å². The van der Waals surface area contributed by atoms with Crippen LogP contribution < -0.4 is 14.8 Å². The fourth-order valence-electron chi connectivity index (χ4n) is 4.29. The number of amides is 1. The van der Waals surface area contributed by atoms with Crippen LogP contribution in [0.25, 0.3) is 0 Å². The van der Waals surface area contributed by atoms with Crippen LogP contribution in [0.3, 0.4) is 0 Å². The number of methoxy groups -OCH3 is 1. The Bertz CT molecular complexity index is 924. The minimum atomic E-state index is -0.147. The zero-order valence-corrected chi connectivity index (χ0v) is 19.9. The molecule has 1 amide bonds. The molecule has 0 spiro atoms. The van der Waals surface area contributed by atoms with Gasteiger partial charge in [-0.2, -0.15) is 0 Å². The molecule has 2 aliphatic heterocycles. The number of hydrogen-bond donors (Lipinski definition) is 1. The Kier molecular flexibility index (Phi) is 7.83. The molecule has 1 fully saturated rings. The van der Waals surface area contributed by atoms with Crippen molar-refractivity contribution in [3.63, 3.8) is 0 Å². The molecule has 2 aromatic rings. The summed E-state index contributed by atoms with van der Waals surface area (Å²) >= 11 is 0. The van der Waals surface area contributed by atoms with E-state index in [4.69, 9.17) is 14.2 Å². The first-order valence-corrected chi connectivity index (χ1v) is 11.9. The third-order valence-electron chi connectivity index (χ3n) is 6.21. The Hall–Kier alpha value is -2.64. The minimum Gasteiger partial charge on any atom is -0.491 e. The van der Waals surface area contributed by atoms with Gasteiger partial charge in [0.1, 0.15) is 12.4 Å². The third kappa shape index (κ3) is 6.45. The molecule has 1 N–H and O–H groups in total. The molecule has 0 aliphatic carbocycles. The first-order chi connectivity index (χ1) is 16.0. The summed E-state index contributed by atoms with van der Waals surface area (Å²) in [6.45, 7) is 8.28. The Morgan fingerprint density at radius 2 is 2.06 bits per heavy atom. The van der Waals surface area contributed by atoms with E-state index in [0.29, 0.717) is 36.7 Å². The number of nitrogens with zero attached hydrogens (tertiary/aromatic N) is 2. The molecule has 1 aromatic carbocycles. The lowest BCUT2D eigenvalue weighted by atomic mass is 9.99. The van der Waals surface area contributed by atoms with Gasteiger partial charge in [0.25, 0.3) is 5.91 Å². The van der Waals surface area contributed by atoms with Crippen molar-refractivity contribution in [2.45, 2.75) is 51.8 Å². The summed E-state index contributed by atoms with van der Waals surface area (Å²) in [4.78, 5) is 19.4. The van der Waals surface area contributed by atoms with Crippen LogP contribution in [-0.4, -0.2) is 61.3 Å². The summed E-state index contributed by atoms with van der Waals surface area (Å²) in [6, 6.07) is 9.87. The van der Waals surface area contributed by atoms with E-state index in [-0.39, 0.29) is 11.9 Å². The van der Waals surface area contributed by atoms with Crippen molar-refractivity contribution in [3.8, 4) is 11.6 Å². The molecule has 0 bridgehead atoms. The number of rotatable bonds is 8. The van der Waals surface area contributed by atoms with Gasteiger partial charge in [-0.1, -0.05) is 26.0 Å². The monoisotopic (exact) mass is 453 g/mol. The molecule has 178 valence electrons. The van der Waals surface area contributed by atoms with Gasteiger partial charge in [-0.05, 0) is 48.4 Å². The zero-order chi connectivity index (χ0) is 23.2. The molecular formula is C26H35N3O4. The Morgan fingerprint density at radius 1 is 1.24 bits per heavy atom. The summed E-state index contributed by atoms with van der Waals surface area (Å²) in [5.41, 5.74) is 2.91. The van der Waals surface area contributed by atoms with Crippen molar-refractivity contribution < 1.29 is 19.0 Å². The summed E-state index contributed by atoms with van der Waals surface area (Å²) in [6.07, 6.45) is 4.88. The SMILES string of the molecule is COC1CCN(Cc2ccc3c(c2)OC[C@H](NC(=O)c2ccc(OCC(C)C)nc2)C3)CC1. The second-order valence-electron chi connectivity index (χ2n) is 9.43. The normalized spacial score (nSPS) is 19.1. The van der Waals surface area contributed by atoms with Gasteiger partial charge in [0.15, 0.2) is 0 Å². The first-order valence-electron chi connectivity index (χ1n) is 11.9. The highest BCUT2D eigenvalue weighted by Crippen LogP contribution is 2.27. The van der Waals surface area contributed by atoms with Crippen LogP contribution in [0, 0.1) is 5.92 Å². The van der Waals surface area contributed by atoms with Crippen LogP contribution in [0.2, 0.25) is 0 Å². The highest BCUT2D eigenvalue weighted by Gasteiger charge is 2.23. The lowest BCUT2D eigenvalue weighted by Crippen LogP contribution is -2.42. The number of benzene rings is 1. The topological polar surface area (TPSA) is 72.9 Å². The summed E-state index contributed by atoms with van der Waals surface area (Å²) in [5, 5.41) is 3.07. The molecule has 2 aliphatic rings. The first kappa shape index (κ1) is 23.5. The number of likely N-dealkylation sites (tertiary alicyclic amines) is 1. The molecule has 7 nitrogen and oxygen atoms in total. The van der Waals surface area contributed by atoms with E-state index >= 15 is 0 Å². The highest BCUT2D eigenvalue weighted by molar-refractivity contribution is 5.94. The lowest BCUT2D eigenvalue weighted by Gasteiger charge is -2.31. The Labute approximate surface area is 196 Å². The Balaban J connectivity index is 1.28. The second kappa shape index (κ2) is 11.0. The molecule has 7 heteroatoms. The van der Waals surface area contributed by atoms with E-state index in [1.165, 1.54) is 5.56 Å². The number of carbonyl (C=O) groups excluding carboxylic acids is 1. The van der Waals surface area contributed by atoms with E-state index in [1.54, 1.807) is 25.4 Å². The van der Waals surface area contributed by atoms with E-state index < -0.39 is 0 Å². The van der Waals surface area contributed by atoms with Crippen molar-refractivity contribution in [2.75, 3.05) is 33.4 Å². The van der Waals surface area contributed by atoms with Crippen molar-refractivity contribution >= 4 is 5.91 Å². The number of nitrogens with one attached hydrogen (secondary N) is 1. The maximum absolute atomic E-state index is 12.7. The van der Waals surface area contributed by atoms with Gasteiger partial charge in [-0.25, -0.2) is 4.98 Å². The zero-order valence-electron chi connectivity index (χ0n) is 19.9. The fourth-order valence-corrected chi connectivity index (χ4v) is 4.29. The molecular weight excluding hydrogens is 418 g/mol. The molecule has 4 rings (SSSR count). The number of carbonyl (C=O) groups is 1. The van der Waals surface area contributed by atoms with E-state index in [2.05, 4.69) is 47.2 Å². The van der Waals surface area contributed by atoms with Gasteiger partial charge in [-0.15, -0.1) is 0 Å². The van der Waals surface area contributed by atoms with Gasteiger partial charge in [-0.3, -0.25) is 9.69 Å². The maximum atomic E-state index is 12.7. The maximum Gasteiger partial charge on any atom is 0.253 e. The highest BCUT2D eigenvalue weighted by atomic mass is 16.5. The smallest absolute Gasteiger partial charge is 0.253 e. The van der Waals surface area contributed by atoms with Gasteiger partial charge in [0, 0.05) is 39.0 Å². The van der Waals surface area contributed by atoms with E-state index in [1.807, 2.05) is 0 Å². The second-order valence-corrected chi connectivity index (χ2v) is 9.43. The Morgan fingerprint density at radius 3 is 2.76 bits per heavy atom. The number of aromatic nitrogens is 1. The van der Waals surface area contributed by atoms with E-state index in [0.717, 1.165) is 50.2 Å². The summed E-state index contributed by atoms with van der Waals surface area (Å²) in [7, 11) is 1.80. The molecule has 1 atom stereocenters. The standard InChI is InChI=1S/C26H35N3O4/c1-18(2)16-33-25-7-6-21(14-27-25)26(30)28-22-13-20-5-4-19(12-24(20)32-17-22)15-29-10-8-23(31-3)9-11-29/h4-7,12,14,18,22-23H,8-11,13,15-17H2,1-3H3,(H,28,30)/t22-/m1/s1. The fraction of sp³-hybridized carbons (Fsp3) is 0.538. The van der Waals surface area contributed by atoms with Crippen LogP contribution in [0.5, 0.6) is 11.6 Å². The predicted molar refractivity (Wildman–Crippen MR) is 127 cm³/mol. The lowest BCUT2D eigenvalue weighted by molar-refractivity contribution is 0.0388. The van der Waals surface area contributed by atoms with Gasteiger partial charge >= 0.3 is 0 Å². The minimum absolute atomic E-state index is 0.0687. The van der Waals surface area contributed by atoms with Crippen LogP contribution >= 0.6 is 0 Å². The van der Waals surface area contributed by atoms with Gasteiger partial charge < -0.3 is 19.5 Å². The number of ether oxygens (including phenoxy) is 3. The molecule has 0 saturated carbocycles. The summed E-state index contributed by atoms with van der Waals surface area (Å²) in [5.74, 6) is 1.74. The largest absolute Gasteiger partial charge is 0.491 e. The van der Waals surface area contributed by atoms with Crippen molar-refractivity contribution in [1.29, 1.82) is 0 Å². The van der Waals surface area contributed by atoms with Gasteiger partial charge in [0.05, 0.1) is 24.3 Å². The number of pyridine rings is 1. The molecule has 0 radical (unpaired) electrons. The summed E-state index contributed by atoms with van der Waals surface area (Å²) < 4.78 is 17.1.